The Morgan fingerprint density at radius 3 is 3.05 bits per heavy atom. The predicted molar refractivity (Wildman–Crippen MR) is 79.5 cm³/mol. The number of benzene rings is 1. The van der Waals surface area contributed by atoms with E-state index in [1.807, 2.05) is 0 Å². The van der Waals surface area contributed by atoms with Crippen molar-refractivity contribution >= 4 is 23.2 Å². The van der Waals surface area contributed by atoms with Gasteiger partial charge in [0.25, 0.3) is 0 Å². The number of rotatable bonds is 4. The highest BCUT2D eigenvalue weighted by molar-refractivity contribution is 6.30. The average Bonchev–Trinajstić information content (AvgIpc) is 2.43. The normalized spacial score (nSPS) is 19.9. The van der Waals surface area contributed by atoms with E-state index in [1.54, 1.807) is 0 Å². The third-order valence-corrected chi connectivity index (χ3v) is 4.00. The van der Waals surface area contributed by atoms with Gasteiger partial charge < -0.3 is 5.32 Å². The van der Waals surface area contributed by atoms with E-state index in [2.05, 4.69) is 17.1 Å². The molecule has 0 aromatic heterocycles. The fraction of sp³-hybridized carbons (Fsp3) is 0.533. The predicted octanol–water partition coefficient (Wildman–Crippen LogP) is 3.68. The summed E-state index contributed by atoms with van der Waals surface area (Å²) in [5.41, 5.74) is 0.146. The van der Waals surface area contributed by atoms with Crippen LogP contribution in [0.15, 0.2) is 18.2 Å². The maximum Gasteiger partial charge on any atom is 0.238 e. The van der Waals surface area contributed by atoms with Gasteiger partial charge in [-0.25, -0.2) is 4.39 Å². The summed E-state index contributed by atoms with van der Waals surface area (Å²) < 4.78 is 13.6. The van der Waals surface area contributed by atoms with E-state index in [9.17, 15) is 9.18 Å². The van der Waals surface area contributed by atoms with E-state index in [0.29, 0.717) is 17.6 Å². The van der Waals surface area contributed by atoms with Crippen molar-refractivity contribution in [2.24, 2.45) is 0 Å². The molecule has 1 fully saturated rings. The lowest BCUT2D eigenvalue weighted by Crippen LogP contribution is -2.43. The van der Waals surface area contributed by atoms with Crippen molar-refractivity contribution in [2.45, 2.75) is 38.6 Å². The second-order valence-corrected chi connectivity index (χ2v) is 5.64. The molecule has 110 valence electrons. The van der Waals surface area contributed by atoms with E-state index in [4.69, 9.17) is 11.6 Å². The summed E-state index contributed by atoms with van der Waals surface area (Å²) in [6, 6.07) is 4.61. The fourth-order valence-electron chi connectivity index (χ4n) is 2.70. The minimum Gasteiger partial charge on any atom is -0.322 e. The van der Waals surface area contributed by atoms with Crippen LogP contribution in [0.3, 0.4) is 0 Å². The number of piperidine rings is 1. The molecule has 0 bridgehead atoms. The Kier molecular flexibility index (Phi) is 5.38. The van der Waals surface area contributed by atoms with Crippen LogP contribution in [0.5, 0.6) is 0 Å². The van der Waals surface area contributed by atoms with Crippen LogP contribution in [-0.2, 0) is 4.79 Å². The highest BCUT2D eigenvalue weighted by Gasteiger charge is 2.23. The Morgan fingerprint density at radius 2 is 2.30 bits per heavy atom. The second kappa shape index (κ2) is 7.04. The van der Waals surface area contributed by atoms with Crippen molar-refractivity contribution in [1.82, 2.24) is 4.90 Å². The molecule has 1 N–H and O–H groups in total. The maximum atomic E-state index is 13.6. The van der Waals surface area contributed by atoms with Crippen LogP contribution in [0.4, 0.5) is 10.1 Å². The molecule has 1 heterocycles. The molecule has 0 saturated carbocycles. The van der Waals surface area contributed by atoms with Crippen LogP contribution in [0, 0.1) is 5.82 Å². The molecule has 1 aromatic rings. The Hall–Kier alpha value is -1.13. The minimum atomic E-state index is -0.464. The Balaban J connectivity index is 1.96. The molecular formula is C15H20ClFN2O. The van der Waals surface area contributed by atoms with Crippen molar-refractivity contribution in [2.75, 3.05) is 18.4 Å². The number of anilines is 1. The Labute approximate surface area is 124 Å². The SMILES string of the molecule is CCC1CCCCN1CC(=O)Nc1cc(Cl)ccc1F. The van der Waals surface area contributed by atoms with Crippen molar-refractivity contribution in [3.63, 3.8) is 0 Å². The summed E-state index contributed by atoms with van der Waals surface area (Å²) in [7, 11) is 0. The van der Waals surface area contributed by atoms with E-state index >= 15 is 0 Å². The number of hydrogen-bond donors (Lipinski definition) is 1. The van der Waals surface area contributed by atoms with Crippen molar-refractivity contribution in [1.29, 1.82) is 0 Å². The highest BCUT2D eigenvalue weighted by atomic mass is 35.5. The number of carbonyl (C=O) groups excluding carboxylic acids is 1. The van der Waals surface area contributed by atoms with Gasteiger partial charge in [-0.2, -0.15) is 0 Å². The highest BCUT2D eigenvalue weighted by Crippen LogP contribution is 2.21. The summed E-state index contributed by atoms with van der Waals surface area (Å²) in [4.78, 5) is 14.2. The summed E-state index contributed by atoms with van der Waals surface area (Å²) in [6.07, 6.45) is 4.52. The van der Waals surface area contributed by atoms with E-state index in [1.165, 1.54) is 24.6 Å². The molecule has 3 nitrogen and oxygen atoms in total. The molecule has 1 aliphatic rings. The molecule has 0 spiro atoms. The van der Waals surface area contributed by atoms with Crippen molar-refractivity contribution in [3.8, 4) is 0 Å². The molecule has 1 unspecified atom stereocenters. The maximum absolute atomic E-state index is 13.6. The third-order valence-electron chi connectivity index (χ3n) is 3.77. The topological polar surface area (TPSA) is 32.3 Å². The lowest BCUT2D eigenvalue weighted by Gasteiger charge is -2.34. The van der Waals surface area contributed by atoms with Crippen LogP contribution < -0.4 is 5.32 Å². The van der Waals surface area contributed by atoms with Gasteiger partial charge in [-0.1, -0.05) is 24.9 Å². The number of nitrogens with one attached hydrogen (secondary N) is 1. The summed E-state index contributed by atoms with van der Waals surface area (Å²) in [5, 5.41) is 3.01. The molecule has 1 atom stereocenters. The van der Waals surface area contributed by atoms with Gasteiger partial charge in [0.1, 0.15) is 5.82 Å². The first-order chi connectivity index (χ1) is 9.60. The molecule has 1 saturated heterocycles. The first kappa shape index (κ1) is 15.3. The third kappa shape index (κ3) is 3.93. The molecule has 0 aliphatic carbocycles. The number of likely N-dealkylation sites (tertiary alicyclic amines) is 1. The monoisotopic (exact) mass is 298 g/mol. The summed E-state index contributed by atoms with van der Waals surface area (Å²) >= 11 is 5.81. The van der Waals surface area contributed by atoms with Crippen LogP contribution in [-0.4, -0.2) is 29.9 Å². The summed E-state index contributed by atoms with van der Waals surface area (Å²) in [5.74, 6) is -0.653. The summed E-state index contributed by atoms with van der Waals surface area (Å²) in [6.45, 7) is 3.38. The number of nitrogens with zero attached hydrogens (tertiary/aromatic N) is 1. The first-order valence-electron chi connectivity index (χ1n) is 7.09. The largest absolute Gasteiger partial charge is 0.322 e. The van der Waals surface area contributed by atoms with Gasteiger partial charge in [0, 0.05) is 11.1 Å². The zero-order valence-electron chi connectivity index (χ0n) is 11.7. The number of hydrogen-bond acceptors (Lipinski definition) is 2. The quantitative estimate of drug-likeness (QED) is 0.919. The van der Waals surface area contributed by atoms with E-state index in [0.717, 1.165) is 25.8 Å². The molecule has 1 aliphatic heterocycles. The molecule has 5 heteroatoms. The Bertz CT molecular complexity index is 481. The minimum absolute atomic E-state index is 0.146. The molecule has 1 amide bonds. The molecule has 0 radical (unpaired) electrons. The van der Waals surface area contributed by atoms with Gasteiger partial charge in [-0.3, -0.25) is 9.69 Å². The molecule has 1 aromatic carbocycles. The average molecular weight is 299 g/mol. The number of carbonyl (C=O) groups is 1. The number of amides is 1. The zero-order chi connectivity index (χ0) is 14.5. The Morgan fingerprint density at radius 1 is 1.50 bits per heavy atom. The smallest absolute Gasteiger partial charge is 0.238 e. The van der Waals surface area contributed by atoms with E-state index < -0.39 is 5.82 Å². The van der Waals surface area contributed by atoms with Gasteiger partial charge >= 0.3 is 0 Å². The van der Waals surface area contributed by atoms with Gasteiger partial charge in [-0.05, 0) is 44.0 Å². The van der Waals surface area contributed by atoms with Gasteiger partial charge in [0.2, 0.25) is 5.91 Å². The lowest BCUT2D eigenvalue weighted by atomic mass is 10.00. The molecular weight excluding hydrogens is 279 g/mol. The van der Waals surface area contributed by atoms with Crippen LogP contribution >= 0.6 is 11.6 Å². The lowest BCUT2D eigenvalue weighted by molar-refractivity contribution is -0.118. The van der Waals surface area contributed by atoms with Crippen LogP contribution in [0.25, 0.3) is 0 Å². The zero-order valence-corrected chi connectivity index (χ0v) is 12.4. The van der Waals surface area contributed by atoms with Gasteiger partial charge in [-0.15, -0.1) is 0 Å². The fourth-order valence-corrected chi connectivity index (χ4v) is 2.87. The van der Waals surface area contributed by atoms with Crippen molar-refractivity contribution < 1.29 is 9.18 Å². The molecule has 20 heavy (non-hydrogen) atoms. The standard InChI is InChI=1S/C15H20ClFN2O/c1-2-12-5-3-4-8-19(12)10-15(20)18-14-9-11(16)6-7-13(14)17/h6-7,9,12H,2-5,8,10H2,1H3,(H,18,20). The van der Waals surface area contributed by atoms with Crippen molar-refractivity contribution in [3.05, 3.63) is 29.0 Å². The number of halogens is 2. The molecule has 2 rings (SSSR count). The van der Waals surface area contributed by atoms with E-state index in [-0.39, 0.29) is 11.6 Å². The first-order valence-corrected chi connectivity index (χ1v) is 7.47. The van der Waals surface area contributed by atoms with Gasteiger partial charge in [0.05, 0.1) is 12.2 Å². The van der Waals surface area contributed by atoms with Crippen LogP contribution in [0.1, 0.15) is 32.6 Å². The van der Waals surface area contributed by atoms with Gasteiger partial charge in [0.15, 0.2) is 0 Å². The second-order valence-electron chi connectivity index (χ2n) is 5.20. The van der Waals surface area contributed by atoms with Crippen LogP contribution in [0.2, 0.25) is 5.02 Å².